The third kappa shape index (κ3) is 7.62. The Labute approximate surface area is 266 Å². The molecule has 2 saturated heterocycles. The van der Waals surface area contributed by atoms with Crippen LogP contribution in [0.25, 0.3) is 11.4 Å². The maximum atomic E-state index is 12.5. The topological polar surface area (TPSA) is 157 Å². The summed E-state index contributed by atoms with van der Waals surface area (Å²) in [7, 11) is 0. The fraction of sp³-hybridized carbons (Fsp3) is 0.438. The van der Waals surface area contributed by atoms with Crippen LogP contribution in [0.5, 0.6) is 11.6 Å². The van der Waals surface area contributed by atoms with E-state index in [1.54, 1.807) is 29.3 Å². The van der Waals surface area contributed by atoms with Crippen molar-refractivity contribution in [3.63, 3.8) is 0 Å². The van der Waals surface area contributed by atoms with Crippen LogP contribution in [-0.4, -0.2) is 88.5 Å². The maximum Gasteiger partial charge on any atom is 0.415 e. The lowest BCUT2D eigenvalue weighted by Gasteiger charge is -2.24. The molecule has 3 aromatic rings. The number of aromatic nitrogens is 3. The fourth-order valence-electron chi connectivity index (χ4n) is 5.31. The van der Waals surface area contributed by atoms with Crippen molar-refractivity contribution >= 4 is 29.7 Å². The van der Waals surface area contributed by atoms with Crippen molar-refractivity contribution in [2.75, 3.05) is 43.0 Å². The highest BCUT2D eigenvalue weighted by atomic mass is 16.6. The standard InChI is InChI=1S/C32H37N7O7/c1-32(2,3)46-30(41)38-14-11-23(17-38)44-27-10-13-34-28(37-27)21-6-4-5-20(15-21)16-33-12-9-22-18-39(31(42)45-22)25-8-7-24-29(35-25)36-26(40)19-43-24/h4-8,10,13,15,22-23,33H,9,11-12,14,16-19H2,1-3H3,(H,35,36,40)/t22-,23+/m0/s1. The number of hydrogen-bond donors (Lipinski definition) is 2. The van der Waals surface area contributed by atoms with Gasteiger partial charge < -0.3 is 34.5 Å². The van der Waals surface area contributed by atoms with Crippen molar-refractivity contribution in [1.29, 1.82) is 0 Å². The van der Waals surface area contributed by atoms with Crippen LogP contribution in [-0.2, 0) is 20.8 Å². The van der Waals surface area contributed by atoms with Crippen molar-refractivity contribution < 1.29 is 33.3 Å². The van der Waals surface area contributed by atoms with Gasteiger partial charge in [0.1, 0.15) is 23.6 Å². The third-order valence-electron chi connectivity index (χ3n) is 7.48. The van der Waals surface area contributed by atoms with E-state index in [0.29, 0.717) is 74.7 Å². The van der Waals surface area contributed by atoms with Gasteiger partial charge in [0.05, 0.1) is 13.1 Å². The first kappa shape index (κ1) is 31.0. The second kappa shape index (κ2) is 13.2. The van der Waals surface area contributed by atoms with Crippen molar-refractivity contribution in [3.05, 3.63) is 54.2 Å². The Balaban J connectivity index is 0.976. The minimum atomic E-state index is -0.547. The predicted octanol–water partition coefficient (Wildman–Crippen LogP) is 3.76. The molecular formula is C32H37N7O7. The zero-order chi connectivity index (χ0) is 32.3. The maximum absolute atomic E-state index is 12.5. The lowest BCUT2D eigenvalue weighted by Crippen LogP contribution is -2.36. The minimum absolute atomic E-state index is 0.0611. The average Bonchev–Trinajstić information content (AvgIpc) is 3.65. The zero-order valence-electron chi connectivity index (χ0n) is 26.0. The first-order chi connectivity index (χ1) is 22.1. The number of anilines is 2. The van der Waals surface area contributed by atoms with Crippen molar-refractivity contribution in [3.8, 4) is 23.0 Å². The number of hydrogen-bond acceptors (Lipinski definition) is 11. The molecule has 2 N–H and O–H groups in total. The largest absolute Gasteiger partial charge is 0.480 e. The Morgan fingerprint density at radius 1 is 1.13 bits per heavy atom. The van der Waals surface area contributed by atoms with Gasteiger partial charge in [0.15, 0.2) is 24.0 Å². The van der Waals surface area contributed by atoms with Gasteiger partial charge in [-0.3, -0.25) is 9.69 Å². The van der Waals surface area contributed by atoms with Crippen LogP contribution >= 0.6 is 0 Å². The molecule has 14 nitrogen and oxygen atoms in total. The third-order valence-corrected chi connectivity index (χ3v) is 7.48. The van der Waals surface area contributed by atoms with Crippen LogP contribution < -0.4 is 25.0 Å². The molecule has 14 heteroatoms. The van der Waals surface area contributed by atoms with E-state index < -0.39 is 11.7 Å². The van der Waals surface area contributed by atoms with E-state index in [2.05, 4.69) is 25.6 Å². The normalized spacial score (nSPS) is 19.3. The van der Waals surface area contributed by atoms with Gasteiger partial charge in [0.2, 0.25) is 5.88 Å². The monoisotopic (exact) mass is 631 g/mol. The molecule has 1 aromatic carbocycles. The van der Waals surface area contributed by atoms with Gasteiger partial charge in [-0.25, -0.2) is 19.6 Å². The highest BCUT2D eigenvalue weighted by Gasteiger charge is 2.34. The number of benzene rings is 1. The van der Waals surface area contributed by atoms with Crippen LogP contribution in [0.15, 0.2) is 48.7 Å². The van der Waals surface area contributed by atoms with E-state index in [4.69, 9.17) is 18.9 Å². The summed E-state index contributed by atoms with van der Waals surface area (Å²) in [5.41, 5.74) is 1.35. The number of amides is 3. The van der Waals surface area contributed by atoms with Gasteiger partial charge in [-0.2, -0.15) is 4.98 Å². The van der Waals surface area contributed by atoms with E-state index in [1.165, 1.54) is 4.90 Å². The van der Waals surface area contributed by atoms with Gasteiger partial charge >= 0.3 is 12.2 Å². The number of nitrogens with one attached hydrogen (secondary N) is 2. The Bertz CT molecular complexity index is 1610. The summed E-state index contributed by atoms with van der Waals surface area (Å²) in [4.78, 5) is 53.1. The molecule has 3 aliphatic heterocycles. The lowest BCUT2D eigenvalue weighted by atomic mass is 10.1. The molecular weight excluding hydrogens is 594 g/mol. The van der Waals surface area contributed by atoms with Crippen molar-refractivity contribution in [2.24, 2.45) is 0 Å². The van der Waals surface area contributed by atoms with E-state index in [9.17, 15) is 14.4 Å². The molecule has 0 saturated carbocycles. The number of ether oxygens (including phenoxy) is 4. The summed E-state index contributed by atoms with van der Waals surface area (Å²) in [6.45, 7) is 8.07. The summed E-state index contributed by atoms with van der Waals surface area (Å²) in [5, 5.41) is 6.07. The number of pyridine rings is 1. The van der Waals surface area contributed by atoms with Crippen molar-refractivity contribution in [2.45, 2.75) is 58.0 Å². The number of cyclic esters (lactones) is 1. The molecule has 2 fully saturated rings. The van der Waals surface area contributed by atoms with Crippen LogP contribution in [0, 0.1) is 0 Å². The number of rotatable bonds is 9. The molecule has 0 bridgehead atoms. The van der Waals surface area contributed by atoms with Gasteiger partial charge in [-0.15, -0.1) is 0 Å². The lowest BCUT2D eigenvalue weighted by molar-refractivity contribution is -0.118. The molecule has 3 amide bonds. The van der Waals surface area contributed by atoms with E-state index in [0.717, 1.165) is 11.1 Å². The first-order valence-electron chi connectivity index (χ1n) is 15.3. The molecule has 46 heavy (non-hydrogen) atoms. The van der Waals surface area contributed by atoms with Crippen LogP contribution in [0.1, 0.15) is 39.2 Å². The zero-order valence-corrected chi connectivity index (χ0v) is 26.0. The highest BCUT2D eigenvalue weighted by molar-refractivity contribution is 5.95. The summed E-state index contributed by atoms with van der Waals surface area (Å²) in [5.74, 6) is 1.85. The van der Waals surface area contributed by atoms with E-state index >= 15 is 0 Å². The second-order valence-corrected chi connectivity index (χ2v) is 12.3. The van der Waals surface area contributed by atoms with Gasteiger partial charge in [-0.05, 0) is 57.5 Å². The number of likely N-dealkylation sites (tertiary alicyclic amines) is 1. The number of fused-ring (bicyclic) bond motifs is 1. The number of carbonyl (C=O) groups excluding carboxylic acids is 3. The molecule has 0 aliphatic carbocycles. The van der Waals surface area contributed by atoms with Crippen molar-refractivity contribution in [1.82, 2.24) is 25.2 Å². The van der Waals surface area contributed by atoms with Gasteiger partial charge in [-0.1, -0.05) is 18.2 Å². The highest BCUT2D eigenvalue weighted by Crippen LogP contribution is 2.30. The summed E-state index contributed by atoms with van der Waals surface area (Å²) >= 11 is 0. The van der Waals surface area contributed by atoms with E-state index in [1.807, 2.05) is 45.0 Å². The molecule has 0 spiro atoms. The summed E-state index contributed by atoms with van der Waals surface area (Å²) in [6.07, 6.45) is 1.67. The Kier molecular flexibility index (Phi) is 8.88. The Morgan fingerprint density at radius 2 is 2.00 bits per heavy atom. The van der Waals surface area contributed by atoms with Crippen LogP contribution in [0.4, 0.5) is 21.2 Å². The number of carbonyl (C=O) groups is 3. The number of nitrogens with zero attached hydrogens (tertiary/aromatic N) is 5. The van der Waals surface area contributed by atoms with E-state index in [-0.39, 0.29) is 30.8 Å². The second-order valence-electron chi connectivity index (χ2n) is 12.3. The quantitative estimate of drug-likeness (QED) is 0.331. The van der Waals surface area contributed by atoms with Crippen LogP contribution in [0.2, 0.25) is 0 Å². The summed E-state index contributed by atoms with van der Waals surface area (Å²) in [6, 6.07) is 13.0. The molecule has 5 heterocycles. The molecule has 242 valence electrons. The first-order valence-corrected chi connectivity index (χ1v) is 15.3. The molecule has 6 rings (SSSR count). The molecule has 2 aromatic heterocycles. The minimum Gasteiger partial charge on any atom is -0.480 e. The molecule has 2 atom stereocenters. The van der Waals surface area contributed by atoms with Crippen LogP contribution in [0.3, 0.4) is 0 Å². The van der Waals surface area contributed by atoms with Gasteiger partial charge in [0.25, 0.3) is 5.91 Å². The smallest absolute Gasteiger partial charge is 0.415 e. The predicted molar refractivity (Wildman–Crippen MR) is 167 cm³/mol. The molecule has 0 radical (unpaired) electrons. The Hall–Kier alpha value is -4.98. The molecule has 0 unspecified atom stereocenters. The SMILES string of the molecule is CC(C)(C)OC(=O)N1CC[C@@H](Oc2ccnc(-c3cccc(CNCC[C@H]4CN(c5ccc6c(n5)NC(=O)CO6)C(=O)O4)c3)n2)C1. The fourth-order valence-corrected chi connectivity index (χ4v) is 5.31. The molecule has 3 aliphatic rings. The van der Waals surface area contributed by atoms with Gasteiger partial charge in [0, 0.05) is 37.3 Å². The summed E-state index contributed by atoms with van der Waals surface area (Å²) < 4.78 is 22.5. The average molecular weight is 632 g/mol. The Morgan fingerprint density at radius 3 is 2.85 bits per heavy atom.